The maximum absolute atomic E-state index is 13.4. The first-order valence-electron chi connectivity index (χ1n) is 9.08. The lowest BCUT2D eigenvalue weighted by Gasteiger charge is -2.31. The summed E-state index contributed by atoms with van der Waals surface area (Å²) in [6.45, 7) is 3.61. The van der Waals surface area contributed by atoms with Crippen LogP contribution in [0.2, 0.25) is 0 Å². The molecular weight excluding hydrogens is 571 g/mol. The molecule has 2 unspecified atom stereocenters. The first-order valence-corrected chi connectivity index (χ1v) is 12.4. The van der Waals surface area contributed by atoms with Gasteiger partial charge in [0.15, 0.2) is 0 Å². The lowest BCUT2D eigenvalue weighted by Crippen LogP contribution is -2.49. The highest BCUT2D eigenvalue weighted by molar-refractivity contribution is 14.1. The van der Waals surface area contributed by atoms with Crippen molar-refractivity contribution in [3.63, 3.8) is 0 Å². The number of hydrogen-bond donors (Lipinski definition) is 0. The molecule has 1 saturated heterocycles. The molecule has 1 heterocycles. The Morgan fingerprint density at radius 3 is 2.28 bits per heavy atom. The van der Waals surface area contributed by atoms with E-state index in [2.05, 4.69) is 38.5 Å². The molecule has 0 bridgehead atoms. The van der Waals surface area contributed by atoms with Gasteiger partial charge in [0.25, 0.3) is 5.91 Å². The molecule has 0 aromatic heterocycles. The van der Waals surface area contributed by atoms with Crippen molar-refractivity contribution in [1.82, 2.24) is 4.31 Å². The summed E-state index contributed by atoms with van der Waals surface area (Å²) in [6, 6.07) is 11.7. The first kappa shape index (κ1) is 22.4. The molecule has 1 fully saturated rings. The monoisotopic (exact) mass is 590 g/mol. The molecule has 9 heteroatoms. The minimum atomic E-state index is -3.97. The molecule has 6 nitrogen and oxygen atoms in total. The Hall–Kier alpha value is -1.30. The van der Waals surface area contributed by atoms with Crippen molar-refractivity contribution in [3.05, 3.63) is 56.6 Å². The minimum Gasteiger partial charge on any atom is -0.274 e. The Morgan fingerprint density at radius 1 is 1.14 bits per heavy atom. The van der Waals surface area contributed by atoms with Gasteiger partial charge in [0.05, 0.1) is 17.0 Å². The molecule has 0 spiro atoms. The third-order valence-corrected chi connectivity index (χ3v) is 8.21. The van der Waals surface area contributed by atoms with E-state index in [0.29, 0.717) is 12.1 Å². The van der Waals surface area contributed by atoms with Gasteiger partial charge in [-0.25, -0.2) is 13.3 Å². The Balaban J connectivity index is 2.01. The van der Waals surface area contributed by atoms with Crippen LogP contribution in [-0.4, -0.2) is 36.6 Å². The third-order valence-electron chi connectivity index (χ3n) is 4.93. The predicted molar refractivity (Wildman–Crippen MR) is 123 cm³/mol. The van der Waals surface area contributed by atoms with Gasteiger partial charge in [-0.3, -0.25) is 9.59 Å². The summed E-state index contributed by atoms with van der Waals surface area (Å²) in [5.74, 6) is -0.919. The number of hydrogen-bond acceptors (Lipinski definition) is 4. The highest BCUT2D eigenvalue weighted by Crippen LogP contribution is 2.32. The third kappa shape index (κ3) is 4.42. The standard InChI is InChI=1S/C20H20BrIN2O4S/c1-3-13(2)24(29(27,28)17-10-4-14(21)5-11-17)18-12-19(25)23(20(18)26)16-8-6-15(22)7-9-16/h4-11,13,18H,3,12H2,1-2H3. The number of imide groups is 1. The van der Waals surface area contributed by atoms with E-state index in [1.807, 2.05) is 6.92 Å². The number of rotatable bonds is 6. The van der Waals surface area contributed by atoms with E-state index in [1.54, 1.807) is 43.3 Å². The van der Waals surface area contributed by atoms with Gasteiger partial charge in [0.1, 0.15) is 6.04 Å². The van der Waals surface area contributed by atoms with Gasteiger partial charge in [0.2, 0.25) is 15.9 Å². The van der Waals surface area contributed by atoms with Gasteiger partial charge in [-0.2, -0.15) is 4.31 Å². The number of nitrogens with zero attached hydrogens (tertiary/aromatic N) is 2. The Kier molecular flexibility index (Phi) is 6.81. The summed E-state index contributed by atoms with van der Waals surface area (Å²) in [7, 11) is -3.97. The number of amides is 2. The summed E-state index contributed by atoms with van der Waals surface area (Å²) in [5, 5.41) is 0. The van der Waals surface area contributed by atoms with Crippen LogP contribution in [0.25, 0.3) is 0 Å². The highest BCUT2D eigenvalue weighted by atomic mass is 127. The van der Waals surface area contributed by atoms with Crippen molar-refractivity contribution >= 4 is 66.0 Å². The van der Waals surface area contributed by atoms with Crippen molar-refractivity contribution in [3.8, 4) is 0 Å². The molecule has 2 aromatic carbocycles. The van der Waals surface area contributed by atoms with E-state index in [1.165, 1.54) is 16.4 Å². The quantitative estimate of drug-likeness (QED) is 0.374. The van der Waals surface area contributed by atoms with Crippen LogP contribution in [-0.2, 0) is 19.6 Å². The molecule has 1 aliphatic rings. The molecule has 2 aromatic rings. The van der Waals surface area contributed by atoms with Crippen LogP contribution in [0.1, 0.15) is 26.7 Å². The van der Waals surface area contributed by atoms with E-state index < -0.39 is 33.9 Å². The van der Waals surface area contributed by atoms with Gasteiger partial charge in [-0.1, -0.05) is 22.9 Å². The van der Waals surface area contributed by atoms with Crippen LogP contribution in [0, 0.1) is 3.57 Å². The molecule has 0 saturated carbocycles. The van der Waals surface area contributed by atoms with Crippen LogP contribution in [0.4, 0.5) is 5.69 Å². The Morgan fingerprint density at radius 2 is 1.72 bits per heavy atom. The molecule has 2 amide bonds. The summed E-state index contributed by atoms with van der Waals surface area (Å²) >= 11 is 5.44. The lowest BCUT2D eigenvalue weighted by atomic mass is 10.2. The average molecular weight is 591 g/mol. The second-order valence-corrected chi connectivity index (χ2v) is 10.8. The second-order valence-electron chi connectivity index (χ2n) is 6.81. The zero-order chi connectivity index (χ0) is 21.3. The second kappa shape index (κ2) is 8.83. The summed E-state index contributed by atoms with van der Waals surface area (Å²) in [4.78, 5) is 27.0. The van der Waals surface area contributed by atoms with Crippen LogP contribution in [0.15, 0.2) is 57.9 Å². The maximum Gasteiger partial charge on any atom is 0.252 e. The summed E-state index contributed by atoms with van der Waals surface area (Å²) in [5.41, 5.74) is 0.452. The first-order chi connectivity index (χ1) is 13.7. The number of carbonyl (C=O) groups excluding carboxylic acids is 2. The van der Waals surface area contributed by atoms with E-state index in [9.17, 15) is 18.0 Å². The number of sulfonamides is 1. The molecule has 0 N–H and O–H groups in total. The molecule has 0 radical (unpaired) electrons. The van der Waals surface area contributed by atoms with Crippen LogP contribution in [0.3, 0.4) is 0 Å². The number of anilines is 1. The topological polar surface area (TPSA) is 74.8 Å². The van der Waals surface area contributed by atoms with Crippen molar-refractivity contribution in [1.29, 1.82) is 0 Å². The maximum atomic E-state index is 13.4. The smallest absolute Gasteiger partial charge is 0.252 e. The van der Waals surface area contributed by atoms with Gasteiger partial charge in [-0.15, -0.1) is 0 Å². The van der Waals surface area contributed by atoms with Crippen LogP contribution >= 0.6 is 38.5 Å². The Bertz CT molecular complexity index is 1030. The molecule has 0 aliphatic carbocycles. The van der Waals surface area contributed by atoms with E-state index in [0.717, 1.165) is 12.9 Å². The highest BCUT2D eigenvalue weighted by Gasteiger charge is 2.48. The van der Waals surface area contributed by atoms with Gasteiger partial charge in [0, 0.05) is 14.1 Å². The molecule has 3 rings (SSSR count). The van der Waals surface area contributed by atoms with Crippen LogP contribution in [0.5, 0.6) is 0 Å². The molecule has 2 atom stereocenters. The van der Waals surface area contributed by atoms with E-state index in [-0.39, 0.29) is 11.3 Å². The molecule has 154 valence electrons. The average Bonchev–Trinajstić information content (AvgIpc) is 2.96. The fourth-order valence-corrected chi connectivity index (χ4v) is 5.77. The zero-order valence-corrected chi connectivity index (χ0v) is 20.4. The predicted octanol–water partition coefficient (Wildman–Crippen LogP) is 4.18. The molecule has 1 aliphatic heterocycles. The molecular formula is C20H20BrIN2O4S. The van der Waals surface area contributed by atoms with E-state index >= 15 is 0 Å². The zero-order valence-electron chi connectivity index (χ0n) is 15.9. The SMILES string of the molecule is CCC(C)N(C1CC(=O)N(c2ccc(I)cc2)C1=O)S(=O)(=O)c1ccc(Br)cc1. The van der Waals surface area contributed by atoms with Crippen LogP contribution < -0.4 is 4.90 Å². The summed E-state index contributed by atoms with van der Waals surface area (Å²) in [6.07, 6.45) is 0.335. The van der Waals surface area contributed by atoms with Gasteiger partial charge < -0.3 is 0 Å². The largest absolute Gasteiger partial charge is 0.274 e. The number of benzene rings is 2. The fraction of sp³-hybridized carbons (Fsp3) is 0.300. The minimum absolute atomic E-state index is 0.0916. The van der Waals surface area contributed by atoms with Crippen molar-refractivity contribution in [2.24, 2.45) is 0 Å². The Labute approximate surface area is 192 Å². The van der Waals surface area contributed by atoms with E-state index in [4.69, 9.17) is 0 Å². The van der Waals surface area contributed by atoms with Gasteiger partial charge >= 0.3 is 0 Å². The fourth-order valence-electron chi connectivity index (χ4n) is 3.30. The van der Waals surface area contributed by atoms with Crippen molar-refractivity contribution in [2.45, 2.75) is 43.7 Å². The number of carbonyl (C=O) groups is 2. The van der Waals surface area contributed by atoms with Crippen molar-refractivity contribution in [2.75, 3.05) is 4.90 Å². The van der Waals surface area contributed by atoms with Gasteiger partial charge in [-0.05, 0) is 84.5 Å². The summed E-state index contributed by atoms with van der Waals surface area (Å²) < 4.78 is 29.7. The normalized spacial score (nSPS) is 18.5. The number of halogens is 2. The lowest BCUT2D eigenvalue weighted by molar-refractivity contribution is -0.122. The molecule has 29 heavy (non-hydrogen) atoms. The van der Waals surface area contributed by atoms with Crippen molar-refractivity contribution < 1.29 is 18.0 Å².